The molecule has 0 atom stereocenters. The van der Waals surface area contributed by atoms with Crippen molar-refractivity contribution in [3.63, 3.8) is 0 Å². The summed E-state index contributed by atoms with van der Waals surface area (Å²) in [6.07, 6.45) is 0. The van der Waals surface area contributed by atoms with Crippen molar-refractivity contribution in [2.75, 3.05) is 17.2 Å². The average molecular weight is 360 g/mol. The molecule has 0 heterocycles. The zero-order chi connectivity index (χ0) is 18.4. The summed E-state index contributed by atoms with van der Waals surface area (Å²) in [7, 11) is 0. The predicted molar refractivity (Wildman–Crippen MR) is 97.6 cm³/mol. The minimum absolute atomic E-state index is 0.328. The van der Waals surface area contributed by atoms with Crippen molar-refractivity contribution in [2.24, 2.45) is 0 Å². The summed E-state index contributed by atoms with van der Waals surface area (Å²) in [4.78, 5) is 35.5. The predicted octanol–water partition coefficient (Wildman–Crippen LogP) is 2.65. The molecule has 2 rings (SSSR count). The van der Waals surface area contributed by atoms with Gasteiger partial charge in [-0.05, 0) is 55.3 Å². The zero-order valence-corrected chi connectivity index (χ0v) is 14.6. The summed E-state index contributed by atoms with van der Waals surface area (Å²) >= 11 is 5.82. The number of carbonyl (C=O) groups excluding carboxylic acids is 3. The van der Waals surface area contributed by atoms with Crippen molar-refractivity contribution in [3.8, 4) is 0 Å². The van der Waals surface area contributed by atoms with Crippen LogP contribution < -0.4 is 16.0 Å². The van der Waals surface area contributed by atoms with E-state index in [1.807, 2.05) is 19.9 Å². The Bertz CT molecular complexity index is 801. The fourth-order valence-electron chi connectivity index (χ4n) is 2.25. The lowest BCUT2D eigenvalue weighted by atomic mass is 10.1. The number of amides is 3. The van der Waals surface area contributed by atoms with Gasteiger partial charge in [0.25, 0.3) is 0 Å². The molecular formula is C18H18ClN3O3. The second kappa shape index (κ2) is 8.30. The lowest BCUT2D eigenvalue weighted by Gasteiger charge is -2.09. The smallest absolute Gasteiger partial charge is 0.313 e. The Hall–Kier alpha value is -2.86. The molecule has 0 spiro atoms. The van der Waals surface area contributed by atoms with Crippen LogP contribution in [-0.2, 0) is 14.4 Å². The number of rotatable bonds is 4. The molecule has 3 amide bonds. The van der Waals surface area contributed by atoms with E-state index in [0.717, 1.165) is 11.1 Å². The molecule has 2 aromatic carbocycles. The third-order valence-electron chi connectivity index (χ3n) is 3.20. The highest BCUT2D eigenvalue weighted by Gasteiger charge is 2.15. The van der Waals surface area contributed by atoms with Crippen LogP contribution in [0.15, 0.2) is 42.5 Å². The second-order valence-electron chi connectivity index (χ2n) is 5.57. The fraction of sp³-hybridized carbons (Fsp3) is 0.167. The highest BCUT2D eigenvalue weighted by Crippen LogP contribution is 2.15. The third kappa shape index (κ3) is 5.93. The molecule has 3 N–H and O–H groups in total. The van der Waals surface area contributed by atoms with Crippen molar-refractivity contribution >= 4 is 40.7 Å². The van der Waals surface area contributed by atoms with Gasteiger partial charge in [0, 0.05) is 16.4 Å². The van der Waals surface area contributed by atoms with Gasteiger partial charge in [-0.3, -0.25) is 14.4 Å². The summed E-state index contributed by atoms with van der Waals surface area (Å²) in [5, 5.41) is 7.83. The Kier molecular flexibility index (Phi) is 6.14. The van der Waals surface area contributed by atoms with Crippen LogP contribution in [0.1, 0.15) is 11.1 Å². The Morgan fingerprint density at radius 2 is 1.56 bits per heavy atom. The number of hydrogen-bond donors (Lipinski definition) is 3. The SMILES string of the molecule is Cc1cc(C)cc(NC(=O)C(=O)NCC(=O)Nc2cccc(Cl)c2)c1. The quantitative estimate of drug-likeness (QED) is 0.733. The van der Waals surface area contributed by atoms with Crippen LogP contribution in [-0.4, -0.2) is 24.3 Å². The van der Waals surface area contributed by atoms with Gasteiger partial charge < -0.3 is 16.0 Å². The molecule has 7 heteroatoms. The summed E-state index contributed by atoms with van der Waals surface area (Å²) in [6.45, 7) is 3.46. The maximum Gasteiger partial charge on any atom is 0.313 e. The van der Waals surface area contributed by atoms with Crippen molar-refractivity contribution in [1.82, 2.24) is 5.32 Å². The summed E-state index contributed by atoms with van der Waals surface area (Å²) in [5.41, 5.74) is 2.97. The molecule has 0 fully saturated rings. The lowest BCUT2D eigenvalue weighted by Crippen LogP contribution is -2.39. The molecule has 2 aromatic rings. The first kappa shape index (κ1) is 18.5. The molecule has 0 bridgehead atoms. The molecular weight excluding hydrogens is 342 g/mol. The van der Waals surface area contributed by atoms with Crippen LogP contribution in [0.4, 0.5) is 11.4 Å². The van der Waals surface area contributed by atoms with Crippen molar-refractivity contribution < 1.29 is 14.4 Å². The van der Waals surface area contributed by atoms with Crippen LogP contribution in [0, 0.1) is 13.8 Å². The minimum atomic E-state index is -0.889. The molecule has 0 saturated carbocycles. The number of hydrogen-bond acceptors (Lipinski definition) is 3. The standard InChI is InChI=1S/C18H18ClN3O3/c1-11-6-12(2)8-15(7-11)22-18(25)17(24)20-10-16(23)21-14-5-3-4-13(19)9-14/h3-9H,10H2,1-2H3,(H,20,24)(H,21,23)(H,22,25). The van der Waals surface area contributed by atoms with Gasteiger partial charge in [0.2, 0.25) is 5.91 Å². The first-order valence-corrected chi connectivity index (χ1v) is 7.94. The van der Waals surface area contributed by atoms with Gasteiger partial charge in [-0.15, -0.1) is 0 Å². The molecule has 0 saturated heterocycles. The van der Waals surface area contributed by atoms with E-state index < -0.39 is 17.7 Å². The number of carbonyl (C=O) groups is 3. The first-order chi connectivity index (χ1) is 11.8. The second-order valence-corrected chi connectivity index (χ2v) is 6.01. The van der Waals surface area contributed by atoms with Crippen LogP contribution in [0.5, 0.6) is 0 Å². The molecule has 0 aliphatic carbocycles. The van der Waals surface area contributed by atoms with Gasteiger partial charge in [0.05, 0.1) is 6.54 Å². The number of halogens is 1. The Labute approximate surface area is 150 Å². The monoisotopic (exact) mass is 359 g/mol. The molecule has 0 aliphatic heterocycles. The number of nitrogens with one attached hydrogen (secondary N) is 3. The Morgan fingerprint density at radius 3 is 2.20 bits per heavy atom. The lowest BCUT2D eigenvalue weighted by molar-refractivity contribution is -0.136. The van der Waals surface area contributed by atoms with E-state index in [4.69, 9.17) is 11.6 Å². The van der Waals surface area contributed by atoms with Crippen molar-refractivity contribution in [1.29, 1.82) is 0 Å². The molecule has 0 aromatic heterocycles. The number of anilines is 2. The molecule has 130 valence electrons. The van der Waals surface area contributed by atoms with E-state index in [-0.39, 0.29) is 6.54 Å². The van der Waals surface area contributed by atoms with Gasteiger partial charge in [0.1, 0.15) is 0 Å². The molecule has 25 heavy (non-hydrogen) atoms. The Balaban J connectivity index is 1.84. The number of benzene rings is 2. The molecule has 6 nitrogen and oxygen atoms in total. The van der Waals surface area contributed by atoms with Gasteiger partial charge in [0.15, 0.2) is 0 Å². The van der Waals surface area contributed by atoms with E-state index in [1.165, 1.54) is 0 Å². The maximum absolute atomic E-state index is 11.9. The molecule has 0 unspecified atom stereocenters. The highest BCUT2D eigenvalue weighted by molar-refractivity contribution is 6.40. The van der Waals surface area contributed by atoms with Crippen molar-refractivity contribution in [2.45, 2.75) is 13.8 Å². The summed E-state index contributed by atoms with van der Waals surface area (Å²) < 4.78 is 0. The topological polar surface area (TPSA) is 87.3 Å². The van der Waals surface area contributed by atoms with E-state index >= 15 is 0 Å². The normalized spacial score (nSPS) is 10.0. The number of aryl methyl sites for hydroxylation is 2. The van der Waals surface area contributed by atoms with Crippen LogP contribution in [0.2, 0.25) is 5.02 Å². The fourth-order valence-corrected chi connectivity index (χ4v) is 2.44. The van der Waals surface area contributed by atoms with Gasteiger partial charge in [-0.1, -0.05) is 23.7 Å². The largest absolute Gasteiger partial charge is 0.339 e. The maximum atomic E-state index is 11.9. The van der Waals surface area contributed by atoms with Gasteiger partial charge in [-0.2, -0.15) is 0 Å². The highest BCUT2D eigenvalue weighted by atomic mass is 35.5. The van der Waals surface area contributed by atoms with Crippen LogP contribution in [0.3, 0.4) is 0 Å². The summed E-state index contributed by atoms with van der Waals surface area (Å²) in [5.74, 6) is -2.18. The average Bonchev–Trinajstić information content (AvgIpc) is 2.51. The van der Waals surface area contributed by atoms with Crippen LogP contribution >= 0.6 is 11.6 Å². The van der Waals surface area contributed by atoms with Crippen molar-refractivity contribution in [3.05, 3.63) is 58.6 Å². The summed E-state index contributed by atoms with van der Waals surface area (Å²) in [6, 6.07) is 12.1. The van der Waals surface area contributed by atoms with Crippen LogP contribution in [0.25, 0.3) is 0 Å². The van der Waals surface area contributed by atoms with Gasteiger partial charge in [-0.25, -0.2) is 0 Å². The minimum Gasteiger partial charge on any atom is -0.339 e. The Morgan fingerprint density at radius 1 is 0.880 bits per heavy atom. The van der Waals surface area contributed by atoms with E-state index in [0.29, 0.717) is 16.4 Å². The zero-order valence-electron chi connectivity index (χ0n) is 13.9. The third-order valence-corrected chi connectivity index (χ3v) is 3.44. The molecule has 0 aliphatic rings. The van der Waals surface area contributed by atoms with Gasteiger partial charge >= 0.3 is 11.8 Å². The molecule has 0 radical (unpaired) electrons. The first-order valence-electron chi connectivity index (χ1n) is 7.56. The van der Waals surface area contributed by atoms with E-state index in [1.54, 1.807) is 36.4 Å². The van der Waals surface area contributed by atoms with E-state index in [9.17, 15) is 14.4 Å². The van der Waals surface area contributed by atoms with E-state index in [2.05, 4.69) is 16.0 Å².